The van der Waals surface area contributed by atoms with Gasteiger partial charge in [0.05, 0.1) is 0 Å². The van der Waals surface area contributed by atoms with Crippen LogP contribution in [0.25, 0.3) is 22.6 Å². The van der Waals surface area contributed by atoms with E-state index in [1.165, 1.54) is 11.1 Å². The van der Waals surface area contributed by atoms with Crippen molar-refractivity contribution in [3.63, 3.8) is 0 Å². The van der Waals surface area contributed by atoms with E-state index in [0.29, 0.717) is 12.1 Å². The first kappa shape index (κ1) is 19.8. The average molecular weight is 399 g/mol. The van der Waals surface area contributed by atoms with Gasteiger partial charge in [-0.1, -0.05) is 42.8 Å². The van der Waals surface area contributed by atoms with Crippen molar-refractivity contribution in [2.45, 2.75) is 40.3 Å². The lowest BCUT2D eigenvalue weighted by atomic mass is 10.1. The molecule has 152 valence electrons. The number of imidazole rings is 1. The summed E-state index contributed by atoms with van der Waals surface area (Å²) in [4.78, 5) is 22.1. The molecule has 0 fully saturated rings. The summed E-state index contributed by atoms with van der Waals surface area (Å²) in [5, 5.41) is 3.05. The Bertz CT molecular complexity index is 1210. The van der Waals surface area contributed by atoms with Crippen molar-refractivity contribution in [2.75, 3.05) is 0 Å². The van der Waals surface area contributed by atoms with Gasteiger partial charge in [-0.3, -0.25) is 4.79 Å². The number of nitrogens with one attached hydrogen (secondary N) is 1. The number of aromatic nitrogens is 3. The fourth-order valence-electron chi connectivity index (χ4n) is 3.68. The number of amides is 1. The van der Waals surface area contributed by atoms with Crippen LogP contribution in [0.3, 0.4) is 0 Å². The molecular weight excluding hydrogens is 372 g/mol. The van der Waals surface area contributed by atoms with E-state index < -0.39 is 0 Å². The quantitative estimate of drug-likeness (QED) is 0.494. The molecule has 4 aromatic rings. The minimum absolute atomic E-state index is 0.0889. The predicted octanol–water partition coefficient (Wildman–Crippen LogP) is 5.06. The van der Waals surface area contributed by atoms with Crippen LogP contribution in [0.2, 0.25) is 0 Å². The van der Waals surface area contributed by atoms with Crippen molar-refractivity contribution < 1.29 is 4.79 Å². The molecule has 0 aliphatic heterocycles. The third-order valence-corrected chi connectivity index (χ3v) is 5.28. The summed E-state index contributed by atoms with van der Waals surface area (Å²) in [6.07, 6.45) is 2.77. The number of rotatable bonds is 6. The molecule has 0 radical (unpaired) electrons. The van der Waals surface area contributed by atoms with Gasteiger partial charge in [-0.2, -0.15) is 0 Å². The van der Waals surface area contributed by atoms with Gasteiger partial charge in [-0.15, -0.1) is 0 Å². The molecule has 0 unspecified atom stereocenters. The molecule has 0 aliphatic carbocycles. The van der Waals surface area contributed by atoms with Crippen LogP contribution >= 0.6 is 0 Å². The highest BCUT2D eigenvalue weighted by Gasteiger charge is 2.15. The van der Waals surface area contributed by atoms with E-state index in [9.17, 15) is 4.79 Å². The van der Waals surface area contributed by atoms with Crippen LogP contribution in [0.5, 0.6) is 0 Å². The summed E-state index contributed by atoms with van der Waals surface area (Å²) in [6, 6.07) is 17.8. The standard InChI is InChI=1S/C25H26N4O/c1-4-13-29-23(28-22-9-6-12-26-24(22)29)19-7-5-8-20(15-19)25(30)27-16-21-14-17(2)10-11-18(21)3/h5-12,14-15H,4,13,16H2,1-3H3,(H,27,30). The summed E-state index contributed by atoms with van der Waals surface area (Å²) >= 11 is 0. The van der Waals surface area contributed by atoms with Crippen molar-refractivity contribution in [3.8, 4) is 11.4 Å². The Kier molecular flexibility index (Phi) is 5.61. The Morgan fingerprint density at radius 2 is 1.93 bits per heavy atom. The van der Waals surface area contributed by atoms with Crippen LogP contribution < -0.4 is 5.32 Å². The second-order valence-electron chi connectivity index (χ2n) is 7.63. The first-order chi connectivity index (χ1) is 14.6. The molecule has 5 nitrogen and oxygen atoms in total. The first-order valence-corrected chi connectivity index (χ1v) is 10.3. The molecule has 30 heavy (non-hydrogen) atoms. The Morgan fingerprint density at radius 3 is 2.77 bits per heavy atom. The van der Waals surface area contributed by atoms with Crippen LogP contribution in [0, 0.1) is 13.8 Å². The largest absolute Gasteiger partial charge is 0.348 e. The molecule has 0 saturated heterocycles. The molecule has 1 N–H and O–H groups in total. The minimum Gasteiger partial charge on any atom is -0.348 e. The molecule has 5 heteroatoms. The van der Waals surface area contributed by atoms with Crippen molar-refractivity contribution in [2.24, 2.45) is 0 Å². The molecule has 0 atom stereocenters. The van der Waals surface area contributed by atoms with Crippen molar-refractivity contribution in [3.05, 3.63) is 83.0 Å². The highest BCUT2D eigenvalue weighted by Crippen LogP contribution is 2.25. The van der Waals surface area contributed by atoms with Gasteiger partial charge >= 0.3 is 0 Å². The number of nitrogens with zero attached hydrogens (tertiary/aromatic N) is 3. The first-order valence-electron chi connectivity index (χ1n) is 10.3. The van der Waals surface area contributed by atoms with Gasteiger partial charge in [0, 0.05) is 30.4 Å². The van der Waals surface area contributed by atoms with Crippen LogP contribution in [-0.4, -0.2) is 20.4 Å². The average Bonchev–Trinajstić information content (AvgIpc) is 3.13. The molecule has 0 aliphatic rings. The summed E-state index contributed by atoms with van der Waals surface area (Å²) in [5.74, 6) is 0.753. The molecule has 1 amide bonds. The SMILES string of the molecule is CCCn1c(-c2cccc(C(=O)NCc3cc(C)ccc3C)c2)nc2cccnc21. The van der Waals surface area contributed by atoms with E-state index in [0.717, 1.165) is 41.1 Å². The number of hydrogen-bond acceptors (Lipinski definition) is 3. The maximum absolute atomic E-state index is 12.8. The van der Waals surface area contributed by atoms with Gasteiger partial charge in [-0.05, 0) is 55.7 Å². The molecule has 4 rings (SSSR count). The fourth-order valence-corrected chi connectivity index (χ4v) is 3.68. The summed E-state index contributed by atoms with van der Waals surface area (Å²) in [5.41, 5.74) is 6.78. The molecule has 2 aromatic carbocycles. The van der Waals surface area contributed by atoms with Crippen molar-refractivity contribution in [1.29, 1.82) is 0 Å². The molecule has 2 heterocycles. The number of carbonyl (C=O) groups excluding carboxylic acids is 1. The second kappa shape index (κ2) is 8.49. The molecule has 0 spiro atoms. The predicted molar refractivity (Wildman–Crippen MR) is 120 cm³/mol. The van der Waals surface area contributed by atoms with Crippen molar-refractivity contribution >= 4 is 17.1 Å². The zero-order valence-electron chi connectivity index (χ0n) is 17.6. The van der Waals surface area contributed by atoms with Gasteiger partial charge in [-0.25, -0.2) is 9.97 Å². The van der Waals surface area contributed by atoms with E-state index in [2.05, 4.69) is 53.8 Å². The molecule has 0 saturated carbocycles. The van der Waals surface area contributed by atoms with Crippen LogP contribution in [0.4, 0.5) is 0 Å². The number of benzene rings is 2. The lowest BCUT2D eigenvalue weighted by molar-refractivity contribution is 0.0951. The number of pyridine rings is 1. The fraction of sp³-hybridized carbons (Fsp3) is 0.240. The van der Waals surface area contributed by atoms with Gasteiger partial charge in [0.15, 0.2) is 5.65 Å². The van der Waals surface area contributed by atoms with Gasteiger partial charge in [0.2, 0.25) is 0 Å². The third kappa shape index (κ3) is 3.96. The van der Waals surface area contributed by atoms with Gasteiger partial charge in [0.25, 0.3) is 5.91 Å². The summed E-state index contributed by atoms with van der Waals surface area (Å²) in [6.45, 7) is 7.59. The number of fused-ring (bicyclic) bond motifs is 1. The van der Waals surface area contributed by atoms with E-state index in [4.69, 9.17) is 4.98 Å². The van der Waals surface area contributed by atoms with E-state index in [1.54, 1.807) is 6.20 Å². The number of aryl methyl sites for hydroxylation is 3. The summed E-state index contributed by atoms with van der Waals surface area (Å²) in [7, 11) is 0. The van der Waals surface area contributed by atoms with Gasteiger partial charge < -0.3 is 9.88 Å². The Hall–Kier alpha value is -3.47. The van der Waals surface area contributed by atoms with Crippen LogP contribution in [-0.2, 0) is 13.1 Å². The Morgan fingerprint density at radius 1 is 1.07 bits per heavy atom. The third-order valence-electron chi connectivity index (χ3n) is 5.28. The highest BCUT2D eigenvalue weighted by atomic mass is 16.1. The zero-order valence-corrected chi connectivity index (χ0v) is 17.6. The lowest BCUT2D eigenvalue weighted by Gasteiger charge is -2.11. The van der Waals surface area contributed by atoms with E-state index in [-0.39, 0.29) is 5.91 Å². The van der Waals surface area contributed by atoms with E-state index in [1.807, 2.05) is 36.4 Å². The Labute approximate surface area is 176 Å². The minimum atomic E-state index is -0.0889. The second-order valence-corrected chi connectivity index (χ2v) is 7.63. The maximum Gasteiger partial charge on any atom is 0.251 e. The Balaban J connectivity index is 1.61. The number of carbonyl (C=O) groups is 1. The monoisotopic (exact) mass is 398 g/mol. The summed E-state index contributed by atoms with van der Waals surface area (Å²) < 4.78 is 2.13. The molecular formula is C25H26N4O. The topological polar surface area (TPSA) is 59.8 Å². The highest BCUT2D eigenvalue weighted by molar-refractivity contribution is 5.95. The zero-order chi connectivity index (χ0) is 21.1. The number of hydrogen-bond donors (Lipinski definition) is 1. The van der Waals surface area contributed by atoms with Crippen LogP contribution in [0.1, 0.15) is 40.4 Å². The van der Waals surface area contributed by atoms with Crippen LogP contribution in [0.15, 0.2) is 60.8 Å². The maximum atomic E-state index is 12.8. The van der Waals surface area contributed by atoms with Gasteiger partial charge in [0.1, 0.15) is 11.3 Å². The van der Waals surface area contributed by atoms with Crippen molar-refractivity contribution in [1.82, 2.24) is 19.9 Å². The van der Waals surface area contributed by atoms with E-state index >= 15 is 0 Å². The lowest BCUT2D eigenvalue weighted by Crippen LogP contribution is -2.23. The normalized spacial score (nSPS) is 11.0. The molecule has 0 bridgehead atoms. The smallest absolute Gasteiger partial charge is 0.251 e. The molecule has 2 aromatic heterocycles.